The van der Waals surface area contributed by atoms with Gasteiger partial charge in [0.25, 0.3) is 0 Å². The number of hydrogen-bond donors (Lipinski definition) is 2. The molecule has 0 aromatic heterocycles. The molecule has 0 bridgehead atoms. The van der Waals surface area contributed by atoms with Crippen LogP contribution in [0, 0.1) is 11.7 Å². The molecule has 0 aliphatic carbocycles. The van der Waals surface area contributed by atoms with Crippen molar-refractivity contribution < 1.29 is 9.18 Å². The molecule has 1 aliphatic heterocycles. The third-order valence-corrected chi connectivity index (χ3v) is 4.67. The third kappa shape index (κ3) is 2.96. The van der Waals surface area contributed by atoms with E-state index in [-0.39, 0.29) is 17.6 Å². The quantitative estimate of drug-likeness (QED) is 0.882. The fourth-order valence-corrected chi connectivity index (χ4v) is 3.06. The van der Waals surface area contributed by atoms with Crippen LogP contribution < -0.4 is 16.0 Å². The van der Waals surface area contributed by atoms with Crippen LogP contribution in [0.3, 0.4) is 0 Å². The van der Waals surface area contributed by atoms with E-state index in [0.717, 1.165) is 18.4 Å². The standard InChI is InChI=1S/C14H19BrFN3O/c1-18-14(20)9-4-6-19(7-5-9)11-3-2-10(8-17)12(15)13(11)16/h2-3,9H,4-8,17H2,1H3,(H,18,20). The van der Waals surface area contributed by atoms with Crippen LogP contribution >= 0.6 is 15.9 Å². The summed E-state index contributed by atoms with van der Waals surface area (Å²) in [4.78, 5) is 13.6. The molecule has 1 heterocycles. The van der Waals surface area contributed by atoms with E-state index in [4.69, 9.17) is 5.73 Å². The normalized spacial score (nSPS) is 16.3. The van der Waals surface area contributed by atoms with Crippen LogP contribution in [0.1, 0.15) is 18.4 Å². The molecule has 1 aromatic carbocycles. The maximum Gasteiger partial charge on any atom is 0.222 e. The van der Waals surface area contributed by atoms with Gasteiger partial charge in [0.2, 0.25) is 5.91 Å². The topological polar surface area (TPSA) is 58.4 Å². The zero-order chi connectivity index (χ0) is 14.7. The Kier molecular flexibility index (Phi) is 4.99. The zero-order valence-electron chi connectivity index (χ0n) is 11.5. The highest BCUT2D eigenvalue weighted by Gasteiger charge is 2.26. The number of hydrogen-bond acceptors (Lipinski definition) is 3. The molecule has 1 aliphatic rings. The molecule has 1 saturated heterocycles. The Labute approximate surface area is 126 Å². The number of benzene rings is 1. The Balaban J connectivity index is 2.11. The number of halogens is 2. The molecular weight excluding hydrogens is 325 g/mol. The van der Waals surface area contributed by atoms with Gasteiger partial charge >= 0.3 is 0 Å². The predicted octanol–water partition coefficient (Wildman–Crippen LogP) is 2.01. The van der Waals surface area contributed by atoms with Crippen molar-refractivity contribution in [3.8, 4) is 0 Å². The van der Waals surface area contributed by atoms with Crippen molar-refractivity contribution in [3.05, 3.63) is 28.0 Å². The van der Waals surface area contributed by atoms with Gasteiger partial charge < -0.3 is 16.0 Å². The summed E-state index contributed by atoms with van der Waals surface area (Å²) in [6, 6.07) is 3.61. The zero-order valence-corrected chi connectivity index (χ0v) is 13.0. The second-order valence-electron chi connectivity index (χ2n) is 4.95. The monoisotopic (exact) mass is 343 g/mol. The summed E-state index contributed by atoms with van der Waals surface area (Å²) in [7, 11) is 1.65. The number of piperidine rings is 1. The number of rotatable bonds is 3. The van der Waals surface area contributed by atoms with E-state index in [2.05, 4.69) is 21.2 Å². The number of amides is 1. The predicted molar refractivity (Wildman–Crippen MR) is 81.0 cm³/mol. The minimum absolute atomic E-state index is 0.0334. The first-order valence-electron chi connectivity index (χ1n) is 6.72. The van der Waals surface area contributed by atoms with Gasteiger partial charge in [0.1, 0.15) is 0 Å². The van der Waals surface area contributed by atoms with E-state index in [1.807, 2.05) is 11.0 Å². The fourth-order valence-electron chi connectivity index (χ4n) is 2.57. The molecule has 0 unspecified atom stereocenters. The van der Waals surface area contributed by atoms with Gasteiger partial charge in [0.15, 0.2) is 5.82 Å². The molecule has 1 fully saturated rings. The Morgan fingerprint density at radius 3 is 2.70 bits per heavy atom. The van der Waals surface area contributed by atoms with E-state index in [1.165, 1.54) is 0 Å². The number of nitrogens with two attached hydrogens (primary N) is 1. The third-order valence-electron chi connectivity index (χ3n) is 3.81. The summed E-state index contributed by atoms with van der Waals surface area (Å²) in [5.41, 5.74) is 6.89. The maximum atomic E-state index is 14.3. The molecule has 1 amide bonds. The maximum absolute atomic E-state index is 14.3. The van der Waals surface area contributed by atoms with Crippen LogP contribution in [0.25, 0.3) is 0 Å². The molecule has 110 valence electrons. The van der Waals surface area contributed by atoms with Crippen LogP contribution in [0.15, 0.2) is 16.6 Å². The van der Waals surface area contributed by atoms with E-state index < -0.39 is 0 Å². The summed E-state index contributed by atoms with van der Waals surface area (Å²) in [5.74, 6) is -0.165. The molecule has 0 radical (unpaired) electrons. The summed E-state index contributed by atoms with van der Waals surface area (Å²) < 4.78 is 14.8. The fraction of sp³-hybridized carbons (Fsp3) is 0.500. The molecule has 6 heteroatoms. The van der Waals surface area contributed by atoms with E-state index in [0.29, 0.717) is 29.8 Å². The number of carbonyl (C=O) groups excluding carboxylic acids is 1. The van der Waals surface area contributed by atoms with E-state index >= 15 is 0 Å². The molecular formula is C14H19BrFN3O. The van der Waals surface area contributed by atoms with Crippen molar-refractivity contribution in [2.24, 2.45) is 11.7 Å². The average molecular weight is 344 g/mol. The molecule has 2 rings (SSSR count). The lowest BCUT2D eigenvalue weighted by atomic mass is 9.95. The minimum atomic E-state index is -0.272. The molecule has 4 nitrogen and oxygen atoms in total. The Hall–Kier alpha value is -1.14. The summed E-state index contributed by atoms with van der Waals surface area (Å²) >= 11 is 3.26. The van der Waals surface area contributed by atoms with Crippen LogP contribution in [0.4, 0.5) is 10.1 Å². The Morgan fingerprint density at radius 1 is 1.50 bits per heavy atom. The molecule has 0 atom stereocenters. The Bertz CT molecular complexity index is 501. The van der Waals surface area contributed by atoms with Gasteiger partial charge in [-0.2, -0.15) is 0 Å². The van der Waals surface area contributed by atoms with Gasteiger partial charge in [-0.15, -0.1) is 0 Å². The molecule has 20 heavy (non-hydrogen) atoms. The second-order valence-corrected chi connectivity index (χ2v) is 5.74. The first kappa shape index (κ1) is 15.3. The SMILES string of the molecule is CNC(=O)C1CCN(c2ccc(CN)c(Br)c2F)CC1. The highest BCUT2D eigenvalue weighted by Crippen LogP contribution is 2.31. The largest absolute Gasteiger partial charge is 0.369 e. The van der Waals surface area contributed by atoms with Crippen LogP contribution in [0.5, 0.6) is 0 Å². The number of nitrogens with one attached hydrogen (secondary N) is 1. The smallest absolute Gasteiger partial charge is 0.222 e. The number of nitrogens with zero attached hydrogens (tertiary/aromatic N) is 1. The molecule has 0 saturated carbocycles. The van der Waals surface area contributed by atoms with Crippen LogP contribution in [-0.4, -0.2) is 26.0 Å². The van der Waals surface area contributed by atoms with Crippen molar-refractivity contribution in [1.29, 1.82) is 0 Å². The lowest BCUT2D eigenvalue weighted by Crippen LogP contribution is -2.40. The lowest BCUT2D eigenvalue weighted by Gasteiger charge is -2.33. The second kappa shape index (κ2) is 6.54. The average Bonchev–Trinajstić information content (AvgIpc) is 2.49. The number of anilines is 1. The van der Waals surface area contributed by atoms with Crippen molar-refractivity contribution >= 4 is 27.5 Å². The van der Waals surface area contributed by atoms with E-state index in [1.54, 1.807) is 13.1 Å². The molecule has 1 aromatic rings. The number of carbonyl (C=O) groups is 1. The van der Waals surface area contributed by atoms with Crippen molar-refractivity contribution in [2.75, 3.05) is 25.0 Å². The van der Waals surface area contributed by atoms with Crippen LogP contribution in [-0.2, 0) is 11.3 Å². The van der Waals surface area contributed by atoms with Gasteiger partial charge in [-0.05, 0) is 40.4 Å². The van der Waals surface area contributed by atoms with Crippen LogP contribution in [0.2, 0.25) is 0 Å². The molecule has 3 N–H and O–H groups in total. The van der Waals surface area contributed by atoms with Gasteiger partial charge in [-0.25, -0.2) is 4.39 Å². The van der Waals surface area contributed by atoms with Gasteiger partial charge in [0.05, 0.1) is 10.2 Å². The minimum Gasteiger partial charge on any atom is -0.369 e. The first-order valence-corrected chi connectivity index (χ1v) is 7.51. The summed E-state index contributed by atoms with van der Waals surface area (Å²) in [5, 5.41) is 2.67. The Morgan fingerprint density at radius 2 is 2.15 bits per heavy atom. The van der Waals surface area contributed by atoms with Gasteiger partial charge in [0, 0.05) is 32.6 Å². The highest BCUT2D eigenvalue weighted by atomic mass is 79.9. The van der Waals surface area contributed by atoms with Crippen molar-refractivity contribution in [1.82, 2.24) is 5.32 Å². The van der Waals surface area contributed by atoms with Gasteiger partial charge in [-0.1, -0.05) is 6.07 Å². The van der Waals surface area contributed by atoms with Crippen molar-refractivity contribution in [2.45, 2.75) is 19.4 Å². The van der Waals surface area contributed by atoms with E-state index in [9.17, 15) is 9.18 Å². The summed E-state index contributed by atoms with van der Waals surface area (Å²) in [6.07, 6.45) is 1.49. The van der Waals surface area contributed by atoms with Crippen molar-refractivity contribution in [3.63, 3.8) is 0 Å². The summed E-state index contributed by atoms with van der Waals surface area (Å²) in [6.45, 7) is 1.67. The lowest BCUT2D eigenvalue weighted by molar-refractivity contribution is -0.125. The van der Waals surface area contributed by atoms with Gasteiger partial charge in [-0.3, -0.25) is 4.79 Å². The first-order chi connectivity index (χ1) is 9.58. The highest BCUT2D eigenvalue weighted by molar-refractivity contribution is 9.10. The molecule has 0 spiro atoms.